The number of hydrogen-bond acceptors (Lipinski definition) is 5. The van der Waals surface area contributed by atoms with Gasteiger partial charge in [-0.2, -0.15) is 4.98 Å². The summed E-state index contributed by atoms with van der Waals surface area (Å²) in [6.45, 7) is 8.55. The number of rotatable bonds is 5. The van der Waals surface area contributed by atoms with Gasteiger partial charge in [0.25, 0.3) is 0 Å². The summed E-state index contributed by atoms with van der Waals surface area (Å²) < 4.78 is 5.05. The van der Waals surface area contributed by atoms with Gasteiger partial charge in [-0.25, -0.2) is 0 Å². The van der Waals surface area contributed by atoms with Crippen LogP contribution in [0.15, 0.2) is 10.9 Å². The summed E-state index contributed by atoms with van der Waals surface area (Å²) in [5.41, 5.74) is 0. The standard InChI is InChI=1S/C12H22N4O/c1-10(2)13-6-11-4-3-5-16(7-11)8-12-14-9-15-17-12/h9-11,13H,3-8H2,1-2H3. The van der Waals surface area contributed by atoms with E-state index in [4.69, 9.17) is 4.52 Å². The normalized spacial score (nSPS) is 22.2. The summed E-state index contributed by atoms with van der Waals surface area (Å²) in [6.07, 6.45) is 4.05. The van der Waals surface area contributed by atoms with E-state index in [0.29, 0.717) is 6.04 Å². The maximum absolute atomic E-state index is 5.05. The molecule has 1 N–H and O–H groups in total. The Balaban J connectivity index is 1.76. The van der Waals surface area contributed by atoms with Crippen LogP contribution in [-0.2, 0) is 6.54 Å². The van der Waals surface area contributed by atoms with E-state index in [9.17, 15) is 0 Å². The zero-order chi connectivity index (χ0) is 12.1. The minimum absolute atomic E-state index is 0.571. The van der Waals surface area contributed by atoms with Gasteiger partial charge in [0.15, 0.2) is 6.33 Å². The number of hydrogen-bond donors (Lipinski definition) is 1. The molecule has 1 unspecified atom stereocenters. The van der Waals surface area contributed by atoms with Crippen molar-refractivity contribution in [2.75, 3.05) is 19.6 Å². The molecular weight excluding hydrogens is 216 g/mol. The SMILES string of the molecule is CC(C)NCC1CCCN(Cc2ncno2)C1. The van der Waals surface area contributed by atoms with Gasteiger partial charge in [0.1, 0.15) is 0 Å². The summed E-state index contributed by atoms with van der Waals surface area (Å²) in [5, 5.41) is 7.16. The summed E-state index contributed by atoms with van der Waals surface area (Å²) in [4.78, 5) is 6.48. The number of likely N-dealkylation sites (tertiary alicyclic amines) is 1. The first-order valence-corrected chi connectivity index (χ1v) is 6.45. The van der Waals surface area contributed by atoms with E-state index >= 15 is 0 Å². The molecule has 1 saturated heterocycles. The van der Waals surface area contributed by atoms with Crippen LogP contribution >= 0.6 is 0 Å². The molecule has 17 heavy (non-hydrogen) atoms. The number of aromatic nitrogens is 2. The third-order valence-corrected chi connectivity index (χ3v) is 3.18. The Morgan fingerprint density at radius 1 is 1.59 bits per heavy atom. The largest absolute Gasteiger partial charge is 0.338 e. The Morgan fingerprint density at radius 3 is 3.18 bits per heavy atom. The highest BCUT2D eigenvalue weighted by Gasteiger charge is 2.21. The van der Waals surface area contributed by atoms with Gasteiger partial charge in [-0.3, -0.25) is 4.90 Å². The van der Waals surface area contributed by atoms with Crippen molar-refractivity contribution in [2.24, 2.45) is 5.92 Å². The van der Waals surface area contributed by atoms with Crippen molar-refractivity contribution >= 4 is 0 Å². The van der Waals surface area contributed by atoms with Gasteiger partial charge in [0.05, 0.1) is 6.54 Å². The van der Waals surface area contributed by atoms with Crippen LogP contribution in [0.5, 0.6) is 0 Å². The van der Waals surface area contributed by atoms with E-state index in [1.54, 1.807) is 0 Å². The molecule has 2 heterocycles. The fraction of sp³-hybridized carbons (Fsp3) is 0.833. The lowest BCUT2D eigenvalue weighted by Crippen LogP contribution is -2.40. The predicted octanol–water partition coefficient (Wildman–Crippen LogP) is 1.28. The minimum atomic E-state index is 0.571. The van der Waals surface area contributed by atoms with Crippen LogP contribution in [0.1, 0.15) is 32.6 Å². The van der Waals surface area contributed by atoms with Crippen molar-refractivity contribution in [2.45, 2.75) is 39.3 Å². The topological polar surface area (TPSA) is 54.2 Å². The third kappa shape index (κ3) is 4.09. The van der Waals surface area contributed by atoms with E-state index in [2.05, 4.69) is 34.2 Å². The van der Waals surface area contributed by atoms with Crippen molar-refractivity contribution in [3.05, 3.63) is 12.2 Å². The molecule has 0 bridgehead atoms. The summed E-state index contributed by atoms with van der Waals surface area (Å²) in [6, 6.07) is 0.571. The average Bonchev–Trinajstić information content (AvgIpc) is 2.80. The van der Waals surface area contributed by atoms with Crippen LogP contribution in [0.25, 0.3) is 0 Å². The molecule has 2 rings (SSSR count). The number of piperidine rings is 1. The lowest BCUT2D eigenvalue weighted by Gasteiger charge is -2.32. The van der Waals surface area contributed by atoms with Crippen molar-refractivity contribution in [1.29, 1.82) is 0 Å². The molecule has 0 saturated carbocycles. The van der Waals surface area contributed by atoms with E-state index in [1.165, 1.54) is 19.2 Å². The lowest BCUT2D eigenvalue weighted by molar-refractivity contribution is 0.147. The lowest BCUT2D eigenvalue weighted by atomic mass is 9.98. The monoisotopic (exact) mass is 238 g/mol. The first-order chi connectivity index (χ1) is 8.24. The fourth-order valence-electron chi connectivity index (χ4n) is 2.32. The Hall–Kier alpha value is -0.940. The second kappa shape index (κ2) is 6.12. The highest BCUT2D eigenvalue weighted by molar-refractivity contribution is 4.80. The maximum Gasteiger partial charge on any atom is 0.240 e. The van der Waals surface area contributed by atoms with E-state index < -0.39 is 0 Å². The quantitative estimate of drug-likeness (QED) is 0.837. The molecule has 1 aromatic heterocycles. The first kappa shape index (κ1) is 12.5. The Labute approximate surface area is 103 Å². The van der Waals surface area contributed by atoms with Crippen molar-refractivity contribution in [1.82, 2.24) is 20.4 Å². The average molecular weight is 238 g/mol. The van der Waals surface area contributed by atoms with Gasteiger partial charge < -0.3 is 9.84 Å². The van der Waals surface area contributed by atoms with Crippen LogP contribution in [-0.4, -0.2) is 40.7 Å². The van der Waals surface area contributed by atoms with Crippen LogP contribution < -0.4 is 5.32 Å². The highest BCUT2D eigenvalue weighted by Crippen LogP contribution is 2.17. The van der Waals surface area contributed by atoms with Crippen molar-refractivity contribution < 1.29 is 4.52 Å². The molecule has 0 spiro atoms. The van der Waals surface area contributed by atoms with Crippen molar-refractivity contribution in [3.8, 4) is 0 Å². The highest BCUT2D eigenvalue weighted by atomic mass is 16.5. The first-order valence-electron chi connectivity index (χ1n) is 6.45. The molecular formula is C12H22N4O. The Kier molecular flexibility index (Phi) is 4.50. The predicted molar refractivity (Wildman–Crippen MR) is 65.4 cm³/mol. The van der Waals surface area contributed by atoms with E-state index in [0.717, 1.165) is 38.0 Å². The second-order valence-corrected chi connectivity index (χ2v) is 5.14. The summed E-state index contributed by atoms with van der Waals surface area (Å²) in [7, 11) is 0. The van der Waals surface area contributed by atoms with Crippen LogP contribution in [0.4, 0.5) is 0 Å². The molecule has 1 aliphatic heterocycles. The van der Waals surface area contributed by atoms with Gasteiger partial charge in [-0.05, 0) is 31.8 Å². The smallest absolute Gasteiger partial charge is 0.240 e. The molecule has 1 aromatic rings. The molecule has 0 amide bonds. The Bertz CT molecular complexity index is 312. The fourth-order valence-corrected chi connectivity index (χ4v) is 2.32. The maximum atomic E-state index is 5.05. The second-order valence-electron chi connectivity index (χ2n) is 5.14. The third-order valence-electron chi connectivity index (χ3n) is 3.18. The Morgan fingerprint density at radius 2 is 2.47 bits per heavy atom. The van der Waals surface area contributed by atoms with Crippen LogP contribution in [0, 0.1) is 5.92 Å². The van der Waals surface area contributed by atoms with E-state index in [1.807, 2.05) is 0 Å². The minimum Gasteiger partial charge on any atom is -0.338 e. The van der Waals surface area contributed by atoms with Crippen molar-refractivity contribution in [3.63, 3.8) is 0 Å². The zero-order valence-corrected chi connectivity index (χ0v) is 10.7. The number of nitrogens with one attached hydrogen (secondary N) is 1. The number of nitrogens with zero attached hydrogens (tertiary/aromatic N) is 3. The van der Waals surface area contributed by atoms with Crippen LogP contribution in [0.3, 0.4) is 0 Å². The molecule has 1 fully saturated rings. The molecule has 0 aliphatic carbocycles. The van der Waals surface area contributed by atoms with Gasteiger partial charge in [0, 0.05) is 12.6 Å². The zero-order valence-electron chi connectivity index (χ0n) is 10.7. The van der Waals surface area contributed by atoms with E-state index in [-0.39, 0.29) is 0 Å². The van der Waals surface area contributed by atoms with Gasteiger partial charge in [-0.15, -0.1) is 0 Å². The van der Waals surface area contributed by atoms with Gasteiger partial charge >= 0.3 is 0 Å². The molecule has 5 heteroatoms. The molecule has 0 aromatic carbocycles. The van der Waals surface area contributed by atoms with Gasteiger partial charge in [-0.1, -0.05) is 19.0 Å². The summed E-state index contributed by atoms with van der Waals surface area (Å²) >= 11 is 0. The molecule has 0 radical (unpaired) electrons. The molecule has 5 nitrogen and oxygen atoms in total. The van der Waals surface area contributed by atoms with Crippen LogP contribution in [0.2, 0.25) is 0 Å². The summed E-state index contributed by atoms with van der Waals surface area (Å²) in [5.74, 6) is 1.47. The molecule has 1 aliphatic rings. The molecule has 96 valence electrons. The van der Waals surface area contributed by atoms with Gasteiger partial charge in [0.2, 0.25) is 5.89 Å². The molecule has 1 atom stereocenters.